The third-order valence-corrected chi connectivity index (χ3v) is 6.50. The predicted molar refractivity (Wildman–Crippen MR) is 102 cm³/mol. The molecule has 0 spiro atoms. The molecule has 2 N–H and O–H groups in total. The molecule has 1 amide bonds. The molecule has 2 aromatic rings. The first-order valence-corrected chi connectivity index (χ1v) is 10.1. The molecule has 4 rings (SSSR count). The van der Waals surface area contributed by atoms with Gasteiger partial charge in [-0.2, -0.15) is 0 Å². The molecule has 1 saturated carbocycles. The quantitative estimate of drug-likeness (QED) is 0.827. The largest absolute Gasteiger partial charge is 0.310 e. The van der Waals surface area contributed by atoms with Crippen molar-refractivity contribution in [3.63, 3.8) is 0 Å². The highest BCUT2D eigenvalue weighted by Gasteiger charge is 2.32. The van der Waals surface area contributed by atoms with Crippen LogP contribution in [0.2, 0.25) is 5.02 Å². The van der Waals surface area contributed by atoms with E-state index in [0.29, 0.717) is 22.2 Å². The maximum absolute atomic E-state index is 12.8. The van der Waals surface area contributed by atoms with Crippen molar-refractivity contribution in [1.82, 2.24) is 9.78 Å². The van der Waals surface area contributed by atoms with E-state index in [1.807, 2.05) is 28.9 Å². The Balaban J connectivity index is 1.81. The molecule has 2 aliphatic rings. The Bertz CT molecular complexity index is 837. The summed E-state index contributed by atoms with van der Waals surface area (Å²) in [5.41, 5.74) is 1.51. The van der Waals surface area contributed by atoms with Gasteiger partial charge in [-0.15, -0.1) is 11.8 Å². The van der Waals surface area contributed by atoms with Crippen LogP contribution in [0.1, 0.15) is 54.5 Å². The Kier molecular flexibility index (Phi) is 4.65. The number of thioether (sulfide) groups is 1. The van der Waals surface area contributed by atoms with Gasteiger partial charge in [0.05, 0.1) is 22.6 Å². The zero-order chi connectivity index (χ0) is 17.4. The molecule has 1 aliphatic carbocycles. The van der Waals surface area contributed by atoms with E-state index >= 15 is 0 Å². The molecule has 2 heterocycles. The van der Waals surface area contributed by atoms with Crippen LogP contribution in [-0.4, -0.2) is 21.4 Å². The number of carbonyl (C=O) groups excluding carboxylic acids is 1. The van der Waals surface area contributed by atoms with E-state index in [0.717, 1.165) is 31.2 Å². The minimum absolute atomic E-state index is 0.0636. The maximum Gasteiger partial charge on any atom is 0.270 e. The van der Waals surface area contributed by atoms with Crippen LogP contribution in [0.15, 0.2) is 29.1 Å². The van der Waals surface area contributed by atoms with E-state index in [-0.39, 0.29) is 22.8 Å². The Hall–Kier alpha value is -1.66. The van der Waals surface area contributed by atoms with Crippen LogP contribution in [0.3, 0.4) is 0 Å². The van der Waals surface area contributed by atoms with Crippen molar-refractivity contribution in [3.05, 3.63) is 50.8 Å². The van der Waals surface area contributed by atoms with E-state index < -0.39 is 0 Å². The van der Waals surface area contributed by atoms with E-state index in [1.165, 1.54) is 18.2 Å². The van der Waals surface area contributed by atoms with Crippen molar-refractivity contribution in [2.75, 3.05) is 11.1 Å². The van der Waals surface area contributed by atoms with E-state index in [2.05, 4.69) is 10.4 Å². The van der Waals surface area contributed by atoms with E-state index in [4.69, 9.17) is 11.6 Å². The standard InChI is InChI=1S/C18H20ClN3O2S/c19-12-8-6-11(7-9-12)16-15-17(20-14(23)10-25-16)22(21-18(15)24)13-4-2-1-3-5-13/h6-9,13,16H,1-5,10H2,(H,20,23)(H,21,24)/t16-/m0/s1. The van der Waals surface area contributed by atoms with Crippen molar-refractivity contribution in [3.8, 4) is 0 Å². The lowest BCUT2D eigenvalue weighted by molar-refractivity contribution is -0.113. The van der Waals surface area contributed by atoms with Gasteiger partial charge in [-0.1, -0.05) is 43.0 Å². The number of fused-ring (bicyclic) bond motifs is 1. The molecule has 0 saturated heterocycles. The summed E-state index contributed by atoms with van der Waals surface area (Å²) >= 11 is 7.48. The van der Waals surface area contributed by atoms with Gasteiger partial charge in [0.15, 0.2) is 0 Å². The lowest BCUT2D eigenvalue weighted by atomic mass is 9.95. The summed E-state index contributed by atoms with van der Waals surface area (Å²) in [6, 6.07) is 7.75. The maximum atomic E-state index is 12.8. The summed E-state index contributed by atoms with van der Waals surface area (Å²) < 4.78 is 1.91. The highest BCUT2D eigenvalue weighted by Crippen LogP contribution is 2.41. The third kappa shape index (κ3) is 3.25. The minimum atomic E-state index is -0.181. The van der Waals surface area contributed by atoms with Crippen LogP contribution in [0, 0.1) is 0 Å². The number of benzene rings is 1. The van der Waals surface area contributed by atoms with Crippen LogP contribution in [-0.2, 0) is 4.79 Å². The second-order valence-corrected chi connectivity index (χ2v) is 8.19. The molecule has 1 atom stereocenters. The Morgan fingerprint density at radius 1 is 1.08 bits per heavy atom. The molecule has 1 fully saturated rings. The van der Waals surface area contributed by atoms with Crippen molar-refractivity contribution >= 4 is 35.1 Å². The average Bonchev–Trinajstić information content (AvgIpc) is 2.83. The van der Waals surface area contributed by atoms with Crippen molar-refractivity contribution < 1.29 is 4.79 Å². The Morgan fingerprint density at radius 2 is 1.80 bits per heavy atom. The summed E-state index contributed by atoms with van der Waals surface area (Å²) in [5, 5.41) is 6.43. The number of nitrogens with zero attached hydrogens (tertiary/aromatic N) is 1. The molecule has 1 aliphatic heterocycles. The topological polar surface area (TPSA) is 66.9 Å². The predicted octanol–water partition coefficient (Wildman–Crippen LogP) is 4.11. The van der Waals surface area contributed by atoms with E-state index in [9.17, 15) is 9.59 Å². The third-order valence-electron chi connectivity index (χ3n) is 4.98. The van der Waals surface area contributed by atoms with Crippen LogP contribution in [0.5, 0.6) is 0 Å². The molecular weight excluding hydrogens is 358 g/mol. The van der Waals surface area contributed by atoms with Gasteiger partial charge >= 0.3 is 0 Å². The number of H-pyrrole nitrogens is 1. The molecular formula is C18H20ClN3O2S. The number of amides is 1. The number of rotatable bonds is 2. The molecule has 5 nitrogen and oxygen atoms in total. The summed E-state index contributed by atoms with van der Waals surface area (Å²) in [4.78, 5) is 25.0. The molecule has 0 unspecified atom stereocenters. The monoisotopic (exact) mass is 377 g/mol. The number of hydrogen-bond acceptors (Lipinski definition) is 3. The van der Waals surface area contributed by atoms with Gasteiger partial charge in [0.25, 0.3) is 5.56 Å². The zero-order valence-electron chi connectivity index (χ0n) is 13.8. The van der Waals surface area contributed by atoms with Gasteiger partial charge in [-0.25, -0.2) is 0 Å². The summed E-state index contributed by atoms with van der Waals surface area (Å²) in [5.74, 6) is 0.907. The Morgan fingerprint density at radius 3 is 2.52 bits per heavy atom. The van der Waals surface area contributed by atoms with Crippen LogP contribution >= 0.6 is 23.4 Å². The first-order valence-electron chi connectivity index (χ1n) is 8.65. The SMILES string of the molecule is O=C1CS[C@@H](c2ccc(Cl)cc2)c2c(n(C3CCCCC3)[nH]c2=O)N1. The van der Waals surface area contributed by atoms with Gasteiger partial charge in [0.2, 0.25) is 5.91 Å². The molecule has 25 heavy (non-hydrogen) atoms. The lowest BCUT2D eigenvalue weighted by Gasteiger charge is -2.24. The zero-order valence-corrected chi connectivity index (χ0v) is 15.3. The van der Waals surface area contributed by atoms with Gasteiger partial charge in [-0.05, 0) is 30.5 Å². The second-order valence-electron chi connectivity index (χ2n) is 6.66. The Labute approximate surface area is 155 Å². The number of nitrogens with one attached hydrogen (secondary N) is 2. The van der Waals surface area contributed by atoms with E-state index in [1.54, 1.807) is 0 Å². The fourth-order valence-corrected chi connectivity index (χ4v) is 5.01. The van der Waals surface area contributed by atoms with Gasteiger partial charge in [-0.3, -0.25) is 19.4 Å². The molecule has 1 aromatic heterocycles. The summed E-state index contributed by atoms with van der Waals surface area (Å²) in [7, 11) is 0. The van der Waals surface area contributed by atoms with Crippen LogP contribution in [0.4, 0.5) is 5.82 Å². The van der Waals surface area contributed by atoms with Gasteiger partial charge in [0.1, 0.15) is 5.82 Å². The van der Waals surface area contributed by atoms with Crippen LogP contribution in [0.25, 0.3) is 0 Å². The molecule has 132 valence electrons. The number of carbonyl (C=O) groups is 1. The minimum Gasteiger partial charge on any atom is -0.310 e. The van der Waals surface area contributed by atoms with Gasteiger partial charge in [0, 0.05) is 5.02 Å². The molecule has 0 radical (unpaired) electrons. The summed E-state index contributed by atoms with van der Waals surface area (Å²) in [6.07, 6.45) is 5.61. The smallest absolute Gasteiger partial charge is 0.270 e. The molecule has 0 bridgehead atoms. The van der Waals surface area contributed by atoms with Crippen LogP contribution < -0.4 is 10.9 Å². The van der Waals surface area contributed by atoms with Gasteiger partial charge < -0.3 is 5.32 Å². The van der Waals surface area contributed by atoms with Crippen molar-refractivity contribution in [2.24, 2.45) is 0 Å². The molecule has 1 aromatic carbocycles. The molecule has 7 heteroatoms. The fraction of sp³-hybridized carbons (Fsp3) is 0.444. The second kappa shape index (κ2) is 6.92. The highest BCUT2D eigenvalue weighted by atomic mass is 35.5. The summed E-state index contributed by atoms with van der Waals surface area (Å²) in [6.45, 7) is 0. The first kappa shape index (κ1) is 16.8. The normalized spacial score (nSPS) is 21.5. The number of aromatic nitrogens is 2. The average molecular weight is 378 g/mol. The number of aromatic amines is 1. The van der Waals surface area contributed by atoms with Crippen molar-refractivity contribution in [2.45, 2.75) is 43.4 Å². The van der Waals surface area contributed by atoms with Crippen molar-refractivity contribution in [1.29, 1.82) is 0 Å². The highest BCUT2D eigenvalue weighted by molar-refractivity contribution is 8.00. The number of hydrogen-bond donors (Lipinski definition) is 2. The first-order chi connectivity index (χ1) is 12.1. The number of anilines is 1. The number of halogens is 1. The fourth-order valence-electron chi connectivity index (χ4n) is 3.76. The lowest BCUT2D eigenvalue weighted by Crippen LogP contribution is -2.21.